The van der Waals surface area contributed by atoms with Crippen molar-refractivity contribution in [3.63, 3.8) is 0 Å². The number of amides is 1. The summed E-state index contributed by atoms with van der Waals surface area (Å²) in [5.41, 5.74) is 0. The Bertz CT molecular complexity index is 563. The first-order valence-electron chi connectivity index (χ1n) is 8.92. The summed E-state index contributed by atoms with van der Waals surface area (Å²) in [6.45, 7) is 9.27. The Kier molecular flexibility index (Phi) is 10.3. The molecule has 2 heterocycles. The van der Waals surface area contributed by atoms with Gasteiger partial charge in [0.15, 0.2) is 5.96 Å². The fourth-order valence-electron chi connectivity index (χ4n) is 2.73. The number of halogens is 1. The number of hydrogen-bond acceptors (Lipinski definition) is 4. The van der Waals surface area contributed by atoms with Gasteiger partial charge in [-0.05, 0) is 19.8 Å². The standard InChI is InChI=1S/C17H29N5OS.HI/c1-4-14-11-20-15(24-14)7-9-19-17(18-6-3)21-13-8-10-22(12-13)16(23)5-2;/h11,13H,4-10,12H2,1-3H3,(H2,18,19,21);1H. The van der Waals surface area contributed by atoms with Crippen molar-refractivity contribution in [1.82, 2.24) is 20.5 Å². The maximum absolute atomic E-state index is 11.8. The number of aliphatic imine (C=N–C) groups is 1. The molecule has 0 aliphatic carbocycles. The minimum absolute atomic E-state index is 0. The largest absolute Gasteiger partial charge is 0.357 e. The lowest BCUT2D eigenvalue weighted by Crippen LogP contribution is -2.45. The van der Waals surface area contributed by atoms with Crippen LogP contribution in [0.2, 0.25) is 0 Å². The second-order valence-corrected chi connectivity index (χ2v) is 7.11. The molecule has 0 bridgehead atoms. The maximum Gasteiger partial charge on any atom is 0.222 e. The molecule has 1 aromatic rings. The summed E-state index contributed by atoms with van der Waals surface area (Å²) in [4.78, 5) is 24.1. The second-order valence-electron chi connectivity index (χ2n) is 5.91. The number of nitrogens with one attached hydrogen (secondary N) is 2. The van der Waals surface area contributed by atoms with E-state index in [9.17, 15) is 4.79 Å². The van der Waals surface area contributed by atoms with Crippen LogP contribution >= 0.6 is 35.3 Å². The van der Waals surface area contributed by atoms with Gasteiger partial charge in [-0.2, -0.15) is 0 Å². The van der Waals surface area contributed by atoms with Crippen LogP contribution in [0.5, 0.6) is 0 Å². The molecule has 0 aromatic carbocycles. The van der Waals surface area contributed by atoms with Crippen molar-refractivity contribution < 1.29 is 4.79 Å². The molecule has 1 atom stereocenters. The molecule has 2 rings (SSSR count). The molecule has 0 spiro atoms. The van der Waals surface area contributed by atoms with Crippen LogP contribution < -0.4 is 10.6 Å². The highest BCUT2D eigenvalue weighted by Gasteiger charge is 2.25. The van der Waals surface area contributed by atoms with Crippen molar-refractivity contribution in [2.45, 2.75) is 52.5 Å². The predicted octanol–water partition coefficient (Wildman–Crippen LogP) is 2.43. The van der Waals surface area contributed by atoms with Gasteiger partial charge in [-0.3, -0.25) is 9.79 Å². The lowest BCUT2D eigenvalue weighted by molar-refractivity contribution is -0.129. The quantitative estimate of drug-likeness (QED) is 0.358. The van der Waals surface area contributed by atoms with E-state index in [1.165, 1.54) is 4.88 Å². The highest BCUT2D eigenvalue weighted by atomic mass is 127. The van der Waals surface area contributed by atoms with E-state index in [4.69, 9.17) is 0 Å². The summed E-state index contributed by atoms with van der Waals surface area (Å²) >= 11 is 1.77. The summed E-state index contributed by atoms with van der Waals surface area (Å²) in [5.74, 6) is 1.07. The molecule has 1 aromatic heterocycles. The highest BCUT2D eigenvalue weighted by molar-refractivity contribution is 14.0. The summed E-state index contributed by atoms with van der Waals surface area (Å²) < 4.78 is 0. The maximum atomic E-state index is 11.8. The van der Waals surface area contributed by atoms with Gasteiger partial charge in [0.25, 0.3) is 0 Å². The molecule has 1 unspecified atom stereocenters. The number of nitrogens with zero attached hydrogens (tertiary/aromatic N) is 3. The van der Waals surface area contributed by atoms with Crippen LogP contribution in [0.25, 0.3) is 0 Å². The van der Waals surface area contributed by atoms with E-state index in [0.29, 0.717) is 6.42 Å². The Morgan fingerprint density at radius 2 is 2.24 bits per heavy atom. The number of carbonyl (C=O) groups is 1. The molecular weight excluding hydrogens is 449 g/mol. The van der Waals surface area contributed by atoms with Crippen molar-refractivity contribution in [2.75, 3.05) is 26.2 Å². The Labute approximate surface area is 171 Å². The van der Waals surface area contributed by atoms with Crippen LogP contribution in [0, 0.1) is 0 Å². The van der Waals surface area contributed by atoms with Crippen molar-refractivity contribution in [3.8, 4) is 0 Å². The third-order valence-corrected chi connectivity index (χ3v) is 5.28. The van der Waals surface area contributed by atoms with E-state index < -0.39 is 0 Å². The normalized spacial score (nSPS) is 17.3. The Morgan fingerprint density at radius 1 is 1.44 bits per heavy atom. The number of carbonyl (C=O) groups excluding carboxylic acids is 1. The minimum Gasteiger partial charge on any atom is -0.357 e. The van der Waals surface area contributed by atoms with E-state index >= 15 is 0 Å². The Balaban J connectivity index is 0.00000312. The molecule has 1 fully saturated rings. The molecule has 8 heteroatoms. The van der Waals surface area contributed by atoms with Crippen molar-refractivity contribution >= 4 is 47.2 Å². The number of aromatic nitrogens is 1. The van der Waals surface area contributed by atoms with E-state index in [2.05, 4.69) is 34.5 Å². The fourth-order valence-corrected chi connectivity index (χ4v) is 3.58. The molecule has 6 nitrogen and oxygen atoms in total. The van der Waals surface area contributed by atoms with Crippen LogP contribution in [0.15, 0.2) is 11.2 Å². The molecule has 1 aliphatic heterocycles. The lowest BCUT2D eigenvalue weighted by atomic mass is 10.3. The summed E-state index contributed by atoms with van der Waals surface area (Å²) in [5, 5.41) is 7.89. The van der Waals surface area contributed by atoms with Gasteiger partial charge in [0.05, 0.1) is 5.01 Å². The first-order valence-corrected chi connectivity index (χ1v) is 9.74. The average Bonchev–Trinajstić information content (AvgIpc) is 3.23. The first-order chi connectivity index (χ1) is 11.7. The smallest absolute Gasteiger partial charge is 0.222 e. The zero-order chi connectivity index (χ0) is 17.4. The van der Waals surface area contributed by atoms with Gasteiger partial charge in [-0.15, -0.1) is 35.3 Å². The van der Waals surface area contributed by atoms with Crippen LogP contribution in [0.4, 0.5) is 0 Å². The average molecular weight is 479 g/mol. The van der Waals surface area contributed by atoms with Crippen LogP contribution in [-0.4, -0.2) is 54.0 Å². The lowest BCUT2D eigenvalue weighted by Gasteiger charge is -2.18. The molecule has 2 N–H and O–H groups in total. The van der Waals surface area contributed by atoms with Crippen LogP contribution in [0.3, 0.4) is 0 Å². The molecule has 142 valence electrons. The van der Waals surface area contributed by atoms with Gasteiger partial charge in [-0.1, -0.05) is 13.8 Å². The Morgan fingerprint density at radius 3 is 2.88 bits per heavy atom. The van der Waals surface area contributed by atoms with Crippen LogP contribution in [-0.2, 0) is 17.6 Å². The zero-order valence-corrected chi connectivity index (χ0v) is 18.5. The van der Waals surface area contributed by atoms with E-state index in [0.717, 1.165) is 56.4 Å². The summed E-state index contributed by atoms with van der Waals surface area (Å²) in [6.07, 6.45) is 5.42. The van der Waals surface area contributed by atoms with Gasteiger partial charge in [0, 0.05) is 56.1 Å². The van der Waals surface area contributed by atoms with Crippen molar-refractivity contribution in [3.05, 3.63) is 16.1 Å². The van der Waals surface area contributed by atoms with Gasteiger partial charge in [-0.25, -0.2) is 4.98 Å². The highest BCUT2D eigenvalue weighted by Crippen LogP contribution is 2.14. The molecule has 0 radical (unpaired) electrons. The molecule has 0 saturated carbocycles. The first kappa shape index (κ1) is 22.1. The molecular formula is C17H30IN5OS. The van der Waals surface area contributed by atoms with Crippen molar-refractivity contribution in [1.29, 1.82) is 0 Å². The molecule has 1 amide bonds. The number of likely N-dealkylation sites (tertiary alicyclic amines) is 1. The zero-order valence-electron chi connectivity index (χ0n) is 15.4. The SMILES string of the molecule is CCNC(=NCCc1ncc(CC)s1)NC1CCN(C(=O)CC)C1.I. The van der Waals surface area contributed by atoms with E-state index in [-0.39, 0.29) is 35.9 Å². The topological polar surface area (TPSA) is 69.6 Å². The summed E-state index contributed by atoms with van der Waals surface area (Å²) in [7, 11) is 0. The summed E-state index contributed by atoms with van der Waals surface area (Å²) in [6, 6.07) is 0.282. The van der Waals surface area contributed by atoms with Gasteiger partial charge in [0.2, 0.25) is 5.91 Å². The van der Waals surface area contributed by atoms with E-state index in [1.54, 1.807) is 11.3 Å². The Hall–Kier alpha value is -0.900. The molecule has 1 aliphatic rings. The number of guanidine groups is 1. The number of rotatable bonds is 7. The number of aryl methyl sites for hydroxylation is 1. The van der Waals surface area contributed by atoms with Gasteiger partial charge >= 0.3 is 0 Å². The fraction of sp³-hybridized carbons (Fsp3) is 0.706. The molecule has 25 heavy (non-hydrogen) atoms. The van der Waals surface area contributed by atoms with Gasteiger partial charge < -0.3 is 15.5 Å². The number of thiazole rings is 1. The third-order valence-electron chi connectivity index (χ3n) is 4.07. The van der Waals surface area contributed by atoms with Crippen molar-refractivity contribution in [2.24, 2.45) is 4.99 Å². The van der Waals surface area contributed by atoms with Crippen LogP contribution in [0.1, 0.15) is 43.5 Å². The minimum atomic E-state index is 0. The van der Waals surface area contributed by atoms with Gasteiger partial charge in [0.1, 0.15) is 0 Å². The second kappa shape index (κ2) is 11.7. The molecule has 1 saturated heterocycles. The monoisotopic (exact) mass is 479 g/mol. The third kappa shape index (κ3) is 7.08. The number of hydrogen-bond donors (Lipinski definition) is 2. The predicted molar refractivity (Wildman–Crippen MR) is 115 cm³/mol. The van der Waals surface area contributed by atoms with E-state index in [1.807, 2.05) is 18.0 Å².